The van der Waals surface area contributed by atoms with Crippen molar-refractivity contribution in [3.63, 3.8) is 0 Å². The van der Waals surface area contributed by atoms with Gasteiger partial charge in [-0.1, -0.05) is 29.3 Å². The standard InChI is InChI=1S/C16H9Cl2FN2O/c17-11-4-6-12(7-5-11)21-16(22)10(9-20)8-13-14(18)2-1-3-15(13)19/h1-8H,(H,21,22)/b10-8-. The minimum atomic E-state index is -0.663. The van der Waals surface area contributed by atoms with Crippen LogP contribution < -0.4 is 5.32 Å². The summed E-state index contributed by atoms with van der Waals surface area (Å²) in [5.74, 6) is -1.27. The summed E-state index contributed by atoms with van der Waals surface area (Å²) in [7, 11) is 0. The molecule has 2 aromatic carbocycles. The lowest BCUT2D eigenvalue weighted by atomic mass is 10.1. The molecule has 0 atom stereocenters. The van der Waals surface area contributed by atoms with Gasteiger partial charge >= 0.3 is 0 Å². The molecule has 0 spiro atoms. The number of hydrogen-bond donors (Lipinski definition) is 1. The molecule has 0 unspecified atom stereocenters. The van der Waals surface area contributed by atoms with E-state index in [1.807, 2.05) is 0 Å². The maximum absolute atomic E-state index is 13.7. The van der Waals surface area contributed by atoms with Gasteiger partial charge in [-0.15, -0.1) is 0 Å². The zero-order valence-corrected chi connectivity index (χ0v) is 12.6. The van der Waals surface area contributed by atoms with Crippen molar-refractivity contribution in [3.05, 3.63) is 69.5 Å². The molecular weight excluding hydrogens is 326 g/mol. The molecule has 0 saturated heterocycles. The van der Waals surface area contributed by atoms with Crippen LogP contribution in [0.3, 0.4) is 0 Å². The molecule has 22 heavy (non-hydrogen) atoms. The average Bonchev–Trinajstić information content (AvgIpc) is 2.49. The van der Waals surface area contributed by atoms with Crippen molar-refractivity contribution in [3.8, 4) is 6.07 Å². The van der Waals surface area contributed by atoms with E-state index in [-0.39, 0.29) is 16.2 Å². The van der Waals surface area contributed by atoms with Gasteiger partial charge in [0, 0.05) is 16.3 Å². The van der Waals surface area contributed by atoms with Crippen LogP contribution in [0.15, 0.2) is 48.0 Å². The van der Waals surface area contributed by atoms with Crippen molar-refractivity contribution < 1.29 is 9.18 Å². The van der Waals surface area contributed by atoms with E-state index in [2.05, 4.69) is 5.32 Å². The van der Waals surface area contributed by atoms with Crippen LogP contribution in [0.5, 0.6) is 0 Å². The third-order valence-electron chi connectivity index (χ3n) is 2.76. The Labute approximate surface area is 136 Å². The molecule has 110 valence electrons. The zero-order chi connectivity index (χ0) is 16.1. The predicted molar refractivity (Wildman–Crippen MR) is 85.1 cm³/mol. The Morgan fingerprint density at radius 3 is 2.45 bits per heavy atom. The molecule has 2 aromatic rings. The zero-order valence-electron chi connectivity index (χ0n) is 11.1. The molecule has 1 amide bonds. The molecule has 0 aromatic heterocycles. The topological polar surface area (TPSA) is 52.9 Å². The second-order valence-electron chi connectivity index (χ2n) is 4.27. The van der Waals surface area contributed by atoms with Crippen molar-refractivity contribution in [1.29, 1.82) is 5.26 Å². The number of anilines is 1. The van der Waals surface area contributed by atoms with Gasteiger partial charge < -0.3 is 5.32 Å². The number of nitrogens with zero attached hydrogens (tertiary/aromatic N) is 1. The van der Waals surface area contributed by atoms with Gasteiger partial charge in [-0.3, -0.25) is 4.79 Å². The van der Waals surface area contributed by atoms with Crippen molar-refractivity contribution in [2.75, 3.05) is 5.32 Å². The van der Waals surface area contributed by atoms with Crippen LogP contribution in [-0.2, 0) is 4.79 Å². The van der Waals surface area contributed by atoms with Crippen molar-refractivity contribution >= 4 is 40.9 Å². The molecule has 0 saturated carbocycles. The molecule has 0 bridgehead atoms. The molecule has 2 rings (SSSR count). The fraction of sp³-hybridized carbons (Fsp3) is 0. The number of carbonyl (C=O) groups is 1. The fourth-order valence-electron chi connectivity index (χ4n) is 1.67. The van der Waals surface area contributed by atoms with Gasteiger partial charge in [-0.05, 0) is 42.5 Å². The monoisotopic (exact) mass is 334 g/mol. The Morgan fingerprint density at radius 1 is 1.18 bits per heavy atom. The second kappa shape index (κ2) is 7.08. The molecule has 0 heterocycles. The summed E-state index contributed by atoms with van der Waals surface area (Å²) in [5, 5.41) is 12.3. The Bertz CT molecular complexity index is 759. The lowest BCUT2D eigenvalue weighted by Crippen LogP contribution is -2.13. The first-order chi connectivity index (χ1) is 10.5. The van der Waals surface area contributed by atoms with Gasteiger partial charge in [-0.2, -0.15) is 5.26 Å². The van der Waals surface area contributed by atoms with Crippen LogP contribution in [0.25, 0.3) is 6.08 Å². The highest BCUT2D eigenvalue weighted by atomic mass is 35.5. The Hall–Kier alpha value is -2.35. The molecule has 6 heteroatoms. The third-order valence-corrected chi connectivity index (χ3v) is 3.34. The smallest absolute Gasteiger partial charge is 0.266 e. The van der Waals surface area contributed by atoms with E-state index in [1.165, 1.54) is 18.2 Å². The summed E-state index contributed by atoms with van der Waals surface area (Å²) in [5.41, 5.74) is 0.198. The largest absolute Gasteiger partial charge is 0.321 e. The molecular formula is C16H9Cl2FN2O. The van der Waals surface area contributed by atoms with E-state index in [1.54, 1.807) is 30.3 Å². The van der Waals surface area contributed by atoms with Gasteiger partial charge in [0.05, 0.1) is 5.02 Å². The SMILES string of the molecule is N#C/C(=C/c1c(F)cccc1Cl)C(=O)Nc1ccc(Cl)cc1. The summed E-state index contributed by atoms with van der Waals surface area (Å²) in [6.07, 6.45) is 1.11. The Balaban J connectivity index is 2.28. The van der Waals surface area contributed by atoms with Crippen molar-refractivity contribution in [2.24, 2.45) is 0 Å². The fourth-order valence-corrected chi connectivity index (χ4v) is 2.02. The normalized spacial score (nSPS) is 10.9. The lowest BCUT2D eigenvalue weighted by Gasteiger charge is -2.05. The highest BCUT2D eigenvalue weighted by Crippen LogP contribution is 2.22. The maximum Gasteiger partial charge on any atom is 0.266 e. The third kappa shape index (κ3) is 3.85. The Kier molecular flexibility index (Phi) is 5.16. The van der Waals surface area contributed by atoms with Crippen LogP contribution in [0.4, 0.5) is 10.1 Å². The van der Waals surface area contributed by atoms with Gasteiger partial charge in [0.1, 0.15) is 17.5 Å². The molecule has 0 radical (unpaired) electrons. The number of carbonyl (C=O) groups excluding carboxylic acids is 1. The minimum absolute atomic E-state index is 0.00743. The van der Waals surface area contributed by atoms with E-state index in [4.69, 9.17) is 28.5 Å². The van der Waals surface area contributed by atoms with Crippen LogP contribution in [0.2, 0.25) is 10.0 Å². The molecule has 0 aliphatic carbocycles. The van der Waals surface area contributed by atoms with E-state index < -0.39 is 11.7 Å². The number of rotatable bonds is 3. The number of nitrogens with one attached hydrogen (secondary N) is 1. The molecule has 0 fully saturated rings. The Morgan fingerprint density at radius 2 is 1.86 bits per heavy atom. The summed E-state index contributed by atoms with van der Waals surface area (Å²) in [4.78, 5) is 12.1. The van der Waals surface area contributed by atoms with Crippen molar-refractivity contribution in [1.82, 2.24) is 0 Å². The van der Waals surface area contributed by atoms with E-state index in [0.717, 1.165) is 6.08 Å². The number of halogens is 3. The molecule has 1 N–H and O–H groups in total. The quantitative estimate of drug-likeness (QED) is 0.654. The van der Waals surface area contributed by atoms with Gasteiger partial charge in [0.25, 0.3) is 5.91 Å². The first-order valence-electron chi connectivity index (χ1n) is 6.14. The number of benzene rings is 2. The molecule has 3 nitrogen and oxygen atoms in total. The summed E-state index contributed by atoms with van der Waals surface area (Å²) >= 11 is 11.6. The van der Waals surface area contributed by atoms with Gasteiger partial charge in [0.2, 0.25) is 0 Å². The first-order valence-corrected chi connectivity index (χ1v) is 6.89. The van der Waals surface area contributed by atoms with E-state index >= 15 is 0 Å². The molecule has 0 aliphatic heterocycles. The summed E-state index contributed by atoms with van der Waals surface area (Å²) in [6, 6.07) is 12.2. The summed E-state index contributed by atoms with van der Waals surface area (Å²) < 4.78 is 13.7. The lowest BCUT2D eigenvalue weighted by molar-refractivity contribution is -0.112. The number of nitriles is 1. The highest BCUT2D eigenvalue weighted by Gasteiger charge is 2.12. The maximum atomic E-state index is 13.7. The van der Waals surface area contributed by atoms with Crippen LogP contribution in [-0.4, -0.2) is 5.91 Å². The van der Waals surface area contributed by atoms with Crippen LogP contribution in [0.1, 0.15) is 5.56 Å². The number of hydrogen-bond acceptors (Lipinski definition) is 2. The van der Waals surface area contributed by atoms with Crippen LogP contribution >= 0.6 is 23.2 Å². The molecule has 0 aliphatic rings. The van der Waals surface area contributed by atoms with Gasteiger partial charge in [0.15, 0.2) is 0 Å². The predicted octanol–water partition coefficient (Wildman–Crippen LogP) is 4.68. The number of amides is 1. The highest BCUT2D eigenvalue weighted by molar-refractivity contribution is 6.32. The van der Waals surface area contributed by atoms with Crippen molar-refractivity contribution in [2.45, 2.75) is 0 Å². The second-order valence-corrected chi connectivity index (χ2v) is 5.11. The van der Waals surface area contributed by atoms with E-state index in [0.29, 0.717) is 10.7 Å². The van der Waals surface area contributed by atoms with Crippen LogP contribution in [0, 0.1) is 17.1 Å². The average molecular weight is 335 g/mol. The van der Waals surface area contributed by atoms with E-state index in [9.17, 15) is 9.18 Å². The minimum Gasteiger partial charge on any atom is -0.321 e. The first kappa shape index (κ1) is 16.0. The summed E-state index contributed by atoms with van der Waals surface area (Å²) in [6.45, 7) is 0. The van der Waals surface area contributed by atoms with Gasteiger partial charge in [-0.25, -0.2) is 4.39 Å².